The predicted molar refractivity (Wildman–Crippen MR) is 102 cm³/mol. The van der Waals surface area contributed by atoms with E-state index in [1.165, 1.54) is 0 Å². The van der Waals surface area contributed by atoms with Gasteiger partial charge in [-0.15, -0.1) is 0 Å². The number of para-hydroxylation sites is 1. The van der Waals surface area contributed by atoms with Gasteiger partial charge in [0.1, 0.15) is 0 Å². The molecule has 0 spiro atoms. The van der Waals surface area contributed by atoms with E-state index in [0.29, 0.717) is 24.5 Å². The average molecular weight is 355 g/mol. The summed E-state index contributed by atoms with van der Waals surface area (Å²) in [5.74, 6) is -0.311. The molecular formula is C19H19ClN4O. The molecule has 0 fully saturated rings. The van der Waals surface area contributed by atoms with Gasteiger partial charge in [-0.3, -0.25) is 4.79 Å². The van der Waals surface area contributed by atoms with Gasteiger partial charge in [-0.05, 0) is 17.7 Å². The zero-order valence-corrected chi connectivity index (χ0v) is 14.4. The van der Waals surface area contributed by atoms with Gasteiger partial charge in [0.05, 0.1) is 12.8 Å². The molecular weight excluding hydrogens is 336 g/mol. The number of aromatic nitrogens is 1. The summed E-state index contributed by atoms with van der Waals surface area (Å²) in [6.07, 6.45) is 4.06. The number of nitrogens with two attached hydrogens (primary N) is 1. The molecule has 1 aromatic heterocycles. The van der Waals surface area contributed by atoms with Crippen molar-refractivity contribution in [3.05, 3.63) is 70.9 Å². The summed E-state index contributed by atoms with van der Waals surface area (Å²) in [6, 6.07) is 15.7. The largest absolute Gasteiger partial charge is 0.370 e. The molecule has 0 atom stereocenters. The van der Waals surface area contributed by atoms with Crippen LogP contribution >= 0.6 is 11.6 Å². The van der Waals surface area contributed by atoms with Crippen molar-refractivity contribution >= 4 is 34.6 Å². The molecule has 1 heterocycles. The Bertz CT molecular complexity index is 917. The molecule has 5 nitrogen and oxygen atoms in total. The lowest BCUT2D eigenvalue weighted by atomic mass is 10.2. The lowest BCUT2D eigenvalue weighted by molar-refractivity contribution is -0.118. The number of rotatable bonds is 7. The molecule has 0 aliphatic rings. The van der Waals surface area contributed by atoms with Gasteiger partial charge in [0.15, 0.2) is 0 Å². The fourth-order valence-corrected chi connectivity index (χ4v) is 2.88. The molecule has 3 aromatic rings. The Morgan fingerprint density at radius 2 is 1.96 bits per heavy atom. The second-order valence-electron chi connectivity index (χ2n) is 5.70. The minimum Gasteiger partial charge on any atom is -0.370 e. The average Bonchev–Trinajstić information content (AvgIpc) is 2.96. The number of benzene rings is 2. The minimum atomic E-state index is -0.311. The van der Waals surface area contributed by atoms with Crippen LogP contribution in [0.1, 0.15) is 17.5 Å². The Kier molecular flexibility index (Phi) is 5.36. The molecule has 0 bridgehead atoms. The Hall–Kier alpha value is -2.79. The van der Waals surface area contributed by atoms with Crippen LogP contribution in [0.5, 0.6) is 0 Å². The zero-order valence-electron chi connectivity index (χ0n) is 13.7. The summed E-state index contributed by atoms with van der Waals surface area (Å²) in [6.45, 7) is 1.10. The van der Waals surface area contributed by atoms with Gasteiger partial charge in [0.25, 0.3) is 0 Å². The van der Waals surface area contributed by atoms with Crippen molar-refractivity contribution in [2.45, 2.75) is 19.5 Å². The van der Waals surface area contributed by atoms with Gasteiger partial charge in [-0.2, -0.15) is 5.10 Å². The van der Waals surface area contributed by atoms with E-state index in [4.69, 9.17) is 17.3 Å². The number of primary amides is 1. The summed E-state index contributed by atoms with van der Waals surface area (Å²) in [5, 5.41) is 6.09. The maximum absolute atomic E-state index is 11.1. The van der Waals surface area contributed by atoms with Crippen LogP contribution in [0, 0.1) is 0 Å². The number of fused-ring (bicyclic) bond motifs is 1. The van der Waals surface area contributed by atoms with Crippen molar-refractivity contribution in [2.75, 3.05) is 0 Å². The van der Waals surface area contributed by atoms with Gasteiger partial charge in [0.2, 0.25) is 5.91 Å². The molecule has 128 valence electrons. The molecule has 1 amide bonds. The maximum Gasteiger partial charge on any atom is 0.219 e. The fourth-order valence-electron chi connectivity index (χ4n) is 2.68. The third-order valence-electron chi connectivity index (χ3n) is 3.94. The zero-order chi connectivity index (χ0) is 17.6. The Labute approximate surface area is 151 Å². The highest BCUT2D eigenvalue weighted by atomic mass is 35.5. The fraction of sp³-hybridized carbons (Fsp3) is 0.158. The van der Waals surface area contributed by atoms with Crippen molar-refractivity contribution in [1.29, 1.82) is 0 Å². The van der Waals surface area contributed by atoms with Crippen LogP contribution in [0.25, 0.3) is 10.9 Å². The van der Waals surface area contributed by atoms with E-state index in [1.807, 2.05) is 59.3 Å². The smallest absolute Gasteiger partial charge is 0.219 e. The molecule has 0 radical (unpaired) electrons. The number of aryl methyl sites for hydroxylation is 1. The van der Waals surface area contributed by atoms with Crippen LogP contribution in [-0.2, 0) is 17.9 Å². The van der Waals surface area contributed by atoms with Crippen LogP contribution in [0.2, 0.25) is 5.02 Å². The number of amides is 1. The van der Waals surface area contributed by atoms with E-state index in [0.717, 1.165) is 22.0 Å². The van der Waals surface area contributed by atoms with Crippen molar-refractivity contribution in [2.24, 2.45) is 10.8 Å². The van der Waals surface area contributed by atoms with Crippen molar-refractivity contribution < 1.29 is 4.79 Å². The topological polar surface area (TPSA) is 72.4 Å². The van der Waals surface area contributed by atoms with Crippen molar-refractivity contribution in [3.63, 3.8) is 0 Å². The lowest BCUT2D eigenvalue weighted by Crippen LogP contribution is -2.13. The van der Waals surface area contributed by atoms with Crippen LogP contribution in [0.4, 0.5) is 0 Å². The van der Waals surface area contributed by atoms with E-state index in [9.17, 15) is 4.79 Å². The van der Waals surface area contributed by atoms with Crippen LogP contribution in [0.3, 0.4) is 0 Å². The number of nitrogens with one attached hydrogen (secondary N) is 1. The SMILES string of the molecule is NC(=O)CCn1cc(/C=N\NCc2ccccc2Cl)c2ccccc21. The number of nitrogens with zero attached hydrogens (tertiary/aromatic N) is 2. The van der Waals surface area contributed by atoms with E-state index in [2.05, 4.69) is 10.5 Å². The second kappa shape index (κ2) is 7.85. The first kappa shape index (κ1) is 17.0. The van der Waals surface area contributed by atoms with Crippen LogP contribution < -0.4 is 11.2 Å². The molecule has 6 heteroatoms. The Morgan fingerprint density at radius 3 is 2.76 bits per heavy atom. The Balaban J connectivity index is 1.74. The van der Waals surface area contributed by atoms with Gasteiger partial charge >= 0.3 is 0 Å². The van der Waals surface area contributed by atoms with Crippen LogP contribution in [-0.4, -0.2) is 16.7 Å². The number of carbonyl (C=O) groups is 1. The van der Waals surface area contributed by atoms with Crippen molar-refractivity contribution in [1.82, 2.24) is 9.99 Å². The highest BCUT2D eigenvalue weighted by molar-refractivity contribution is 6.31. The van der Waals surface area contributed by atoms with Crippen LogP contribution in [0.15, 0.2) is 59.8 Å². The summed E-state index contributed by atoms with van der Waals surface area (Å²) in [7, 11) is 0. The molecule has 2 aromatic carbocycles. The highest BCUT2D eigenvalue weighted by Crippen LogP contribution is 2.20. The first-order chi connectivity index (χ1) is 12.1. The number of hydrogen-bond acceptors (Lipinski definition) is 3. The predicted octanol–water partition coefficient (Wildman–Crippen LogP) is 3.29. The first-order valence-electron chi connectivity index (χ1n) is 8.00. The molecule has 0 saturated heterocycles. The van der Waals surface area contributed by atoms with Gasteiger partial charge in [-0.25, -0.2) is 0 Å². The normalized spacial score (nSPS) is 11.2. The summed E-state index contributed by atoms with van der Waals surface area (Å²) in [4.78, 5) is 11.1. The third-order valence-corrected chi connectivity index (χ3v) is 4.31. The second-order valence-corrected chi connectivity index (χ2v) is 6.10. The minimum absolute atomic E-state index is 0.306. The molecule has 0 unspecified atom stereocenters. The van der Waals surface area contributed by atoms with Gasteiger partial charge < -0.3 is 15.7 Å². The first-order valence-corrected chi connectivity index (χ1v) is 8.38. The third kappa shape index (κ3) is 4.19. The van der Waals surface area contributed by atoms with E-state index < -0.39 is 0 Å². The molecule has 0 aliphatic heterocycles. The lowest BCUT2D eigenvalue weighted by Gasteiger charge is -2.02. The summed E-state index contributed by atoms with van der Waals surface area (Å²) in [5.41, 5.74) is 11.3. The molecule has 0 aliphatic carbocycles. The summed E-state index contributed by atoms with van der Waals surface area (Å²) >= 11 is 6.13. The standard InChI is InChI=1S/C19H19ClN4O/c20-17-7-3-1-5-14(17)11-22-23-12-15-13-24(10-9-19(21)25)18-8-4-2-6-16(15)18/h1-8,12-13,22H,9-11H2,(H2,21,25)/b23-12-. The number of hydrazone groups is 1. The monoisotopic (exact) mass is 354 g/mol. The summed E-state index contributed by atoms with van der Waals surface area (Å²) < 4.78 is 2.02. The molecule has 0 saturated carbocycles. The molecule has 3 N–H and O–H groups in total. The number of halogens is 1. The quantitative estimate of drug-likeness (QED) is 0.504. The van der Waals surface area contributed by atoms with Gasteiger partial charge in [-0.1, -0.05) is 48.0 Å². The van der Waals surface area contributed by atoms with E-state index in [1.54, 1.807) is 6.21 Å². The highest BCUT2D eigenvalue weighted by Gasteiger charge is 2.07. The molecule has 25 heavy (non-hydrogen) atoms. The number of carbonyl (C=O) groups excluding carboxylic acids is 1. The van der Waals surface area contributed by atoms with Gasteiger partial charge in [0, 0.05) is 40.7 Å². The van der Waals surface area contributed by atoms with E-state index in [-0.39, 0.29) is 5.91 Å². The Morgan fingerprint density at radius 1 is 1.20 bits per heavy atom. The number of hydrogen-bond donors (Lipinski definition) is 2. The molecule has 3 rings (SSSR count). The van der Waals surface area contributed by atoms with Crippen molar-refractivity contribution in [3.8, 4) is 0 Å². The van der Waals surface area contributed by atoms with E-state index >= 15 is 0 Å². The maximum atomic E-state index is 11.1.